The van der Waals surface area contributed by atoms with Crippen molar-refractivity contribution in [3.63, 3.8) is 0 Å². The van der Waals surface area contributed by atoms with Crippen LogP contribution in [0.3, 0.4) is 0 Å². The average molecular weight is 827 g/mol. The van der Waals surface area contributed by atoms with E-state index in [9.17, 15) is 4.79 Å². The topological polar surface area (TPSA) is 82.6 Å². The maximum atomic E-state index is 12.1. The van der Waals surface area contributed by atoms with E-state index >= 15 is 0 Å². The van der Waals surface area contributed by atoms with E-state index in [1.807, 2.05) is 152 Å². The highest BCUT2D eigenvalue weighted by atomic mass is 35.5. The Bertz CT molecular complexity index is 2160. The molecule has 2 aliphatic heterocycles. The second-order valence-electron chi connectivity index (χ2n) is 15.0. The Labute approximate surface area is 350 Å². The number of piperidine rings is 1. The highest BCUT2D eigenvalue weighted by molar-refractivity contribution is 6.35. The third-order valence-electron chi connectivity index (χ3n) is 9.90. The lowest BCUT2D eigenvalue weighted by atomic mass is 9.74. The van der Waals surface area contributed by atoms with Gasteiger partial charge in [-0.3, -0.25) is 4.79 Å². The second kappa shape index (κ2) is 18.6. The molecule has 0 aliphatic carbocycles. The van der Waals surface area contributed by atoms with Gasteiger partial charge in [-0.25, -0.2) is 0 Å². The molecule has 0 radical (unpaired) electrons. The van der Waals surface area contributed by atoms with Gasteiger partial charge in [0.1, 0.15) is 29.4 Å². The molecule has 12 heteroatoms. The van der Waals surface area contributed by atoms with Crippen molar-refractivity contribution < 1.29 is 36.2 Å². The van der Waals surface area contributed by atoms with Crippen molar-refractivity contribution in [1.29, 1.82) is 0 Å². The summed E-state index contributed by atoms with van der Waals surface area (Å²) in [7, 11) is 0. The molecule has 57 heavy (non-hydrogen) atoms. The highest BCUT2D eigenvalue weighted by Crippen LogP contribution is 2.47. The molecule has 8 rings (SSSR count). The maximum absolute atomic E-state index is 12.1. The number of esters is 1. The van der Waals surface area contributed by atoms with Crippen molar-refractivity contribution in [3.8, 4) is 34.3 Å². The molecule has 2 aliphatic rings. The number of para-hydroxylation sites is 2. The van der Waals surface area contributed by atoms with Gasteiger partial charge in [0.15, 0.2) is 5.69 Å². The fraction of sp³-hybridized carbons (Fsp3) is 0.289. The van der Waals surface area contributed by atoms with E-state index < -0.39 is 5.60 Å². The number of hydrogen-bond acceptors (Lipinski definition) is 7. The zero-order chi connectivity index (χ0) is 39.1. The molecule has 296 valence electrons. The fourth-order valence-electron chi connectivity index (χ4n) is 6.96. The fourth-order valence-corrected chi connectivity index (χ4v) is 7.47. The third kappa shape index (κ3) is 10.3. The van der Waals surface area contributed by atoms with Crippen molar-refractivity contribution >= 4 is 29.2 Å². The van der Waals surface area contributed by atoms with Crippen LogP contribution in [0.2, 0.25) is 10.0 Å². The Hall–Kier alpha value is -4.93. The Morgan fingerprint density at radius 1 is 0.842 bits per heavy atom. The van der Waals surface area contributed by atoms with Crippen LogP contribution in [-0.2, 0) is 21.6 Å². The Kier molecular flexibility index (Phi) is 13.6. The number of nitrogens with zero attached hydrogens (tertiary/aromatic N) is 5. The van der Waals surface area contributed by atoms with Crippen molar-refractivity contribution in [2.45, 2.75) is 57.7 Å². The van der Waals surface area contributed by atoms with Crippen molar-refractivity contribution in [2.75, 3.05) is 26.2 Å². The number of fused-ring (bicyclic) bond motifs is 2. The molecule has 9 nitrogen and oxygen atoms in total. The molecule has 0 unspecified atom stereocenters. The molecule has 3 heterocycles. The Balaban J connectivity index is 0.000000201. The first-order chi connectivity index (χ1) is 27.1. The maximum Gasteiger partial charge on any atom is 0.340 e. The van der Waals surface area contributed by atoms with Crippen LogP contribution in [0, 0.1) is 0 Å². The van der Waals surface area contributed by atoms with Crippen LogP contribution in [0.15, 0.2) is 127 Å². The minimum Gasteiger partial charge on any atom is -1.00 e. The molecule has 0 N–H and O–H groups in total. The molecule has 0 saturated carbocycles. The SMILES string of the molecule is CC(C)(C)OC(=O)CCN1CCC2(CC1)COc1ccc(OCc3c(Cl)cccc3Cl)cc12.[Cl-].c1ccc(-c2nn(-c3ccccc3)[n+](-c3ccccc3)n2)cc1. The second-order valence-corrected chi connectivity index (χ2v) is 15.8. The van der Waals surface area contributed by atoms with Gasteiger partial charge in [0.25, 0.3) is 0 Å². The van der Waals surface area contributed by atoms with Crippen LogP contribution < -0.4 is 26.7 Å². The average Bonchev–Trinajstić information content (AvgIpc) is 3.81. The molecular weight excluding hydrogens is 781 g/mol. The minimum atomic E-state index is -0.440. The number of aromatic nitrogens is 4. The van der Waals surface area contributed by atoms with E-state index in [2.05, 4.69) is 11.0 Å². The number of hydrogen-bond donors (Lipinski definition) is 0. The van der Waals surface area contributed by atoms with E-state index in [1.165, 1.54) is 5.56 Å². The van der Waals surface area contributed by atoms with Gasteiger partial charge in [-0.2, -0.15) is 0 Å². The summed E-state index contributed by atoms with van der Waals surface area (Å²) in [6.07, 6.45) is 2.38. The molecule has 1 saturated heterocycles. The Morgan fingerprint density at radius 2 is 1.47 bits per heavy atom. The van der Waals surface area contributed by atoms with E-state index in [0.717, 1.165) is 66.5 Å². The first-order valence-corrected chi connectivity index (χ1v) is 19.7. The van der Waals surface area contributed by atoms with E-state index in [-0.39, 0.29) is 23.8 Å². The number of halogens is 3. The van der Waals surface area contributed by atoms with Gasteiger partial charge in [0.2, 0.25) is 0 Å². The molecule has 1 aromatic heterocycles. The lowest BCUT2D eigenvalue weighted by Crippen LogP contribution is -3.00. The summed E-state index contributed by atoms with van der Waals surface area (Å²) in [6.45, 7) is 9.25. The zero-order valence-electron chi connectivity index (χ0n) is 32.3. The normalized spacial score (nSPS) is 14.4. The molecule has 0 atom stereocenters. The van der Waals surface area contributed by atoms with E-state index in [4.69, 9.17) is 47.6 Å². The predicted octanol–water partition coefficient (Wildman–Crippen LogP) is 6.25. The van der Waals surface area contributed by atoms with Gasteiger partial charge in [-0.1, -0.05) is 83.9 Å². The van der Waals surface area contributed by atoms with Crippen LogP contribution >= 0.6 is 23.2 Å². The summed E-state index contributed by atoms with van der Waals surface area (Å²) in [4.78, 5) is 18.0. The molecule has 5 aromatic carbocycles. The molecule has 0 bridgehead atoms. The van der Waals surface area contributed by atoms with Crippen LogP contribution in [-0.4, -0.2) is 57.7 Å². The molecule has 0 amide bonds. The third-order valence-corrected chi connectivity index (χ3v) is 10.6. The van der Waals surface area contributed by atoms with Crippen LogP contribution in [0.5, 0.6) is 11.5 Å². The van der Waals surface area contributed by atoms with Gasteiger partial charge < -0.3 is 31.5 Å². The van der Waals surface area contributed by atoms with Gasteiger partial charge in [0.05, 0.1) is 23.7 Å². The number of tetrazole rings is 1. The first-order valence-electron chi connectivity index (χ1n) is 18.9. The molecular formula is C45H46Cl3N5O4. The lowest BCUT2D eigenvalue weighted by Gasteiger charge is -2.38. The lowest BCUT2D eigenvalue weighted by molar-refractivity contribution is -0.734. The van der Waals surface area contributed by atoms with Crippen LogP contribution in [0.1, 0.15) is 51.2 Å². The highest BCUT2D eigenvalue weighted by Gasteiger charge is 2.43. The van der Waals surface area contributed by atoms with Gasteiger partial charge in [-0.05, 0) is 123 Å². The summed E-state index contributed by atoms with van der Waals surface area (Å²) in [5.41, 5.74) is 4.45. The van der Waals surface area contributed by atoms with Crippen molar-refractivity contribution in [3.05, 3.63) is 149 Å². The minimum absolute atomic E-state index is 0. The van der Waals surface area contributed by atoms with Crippen molar-refractivity contribution in [1.82, 2.24) is 19.9 Å². The number of ether oxygens (including phenoxy) is 3. The summed E-state index contributed by atoms with van der Waals surface area (Å²) in [5.74, 6) is 2.26. The number of benzene rings is 5. The van der Waals surface area contributed by atoms with Crippen LogP contribution in [0.25, 0.3) is 22.8 Å². The van der Waals surface area contributed by atoms with E-state index in [1.54, 1.807) is 0 Å². The first kappa shape index (κ1) is 41.7. The number of carbonyl (C=O) groups is 1. The number of rotatable bonds is 9. The van der Waals surface area contributed by atoms with Gasteiger partial charge in [-0.15, -0.1) is 0 Å². The van der Waals surface area contributed by atoms with E-state index in [0.29, 0.717) is 35.5 Å². The summed E-state index contributed by atoms with van der Waals surface area (Å²) >= 11 is 12.6. The van der Waals surface area contributed by atoms with Crippen LogP contribution in [0.4, 0.5) is 0 Å². The number of likely N-dealkylation sites (tertiary alicyclic amines) is 1. The summed E-state index contributed by atoms with van der Waals surface area (Å²) < 4.78 is 17.5. The largest absolute Gasteiger partial charge is 1.00 e. The Morgan fingerprint density at radius 3 is 2.12 bits per heavy atom. The zero-order valence-corrected chi connectivity index (χ0v) is 34.6. The molecule has 1 fully saturated rings. The monoisotopic (exact) mass is 825 g/mol. The van der Waals surface area contributed by atoms with Gasteiger partial charge >= 0.3 is 11.8 Å². The standard InChI is InChI=1S/C26H31Cl2NO4.C19H15N4.ClH/c1-25(2,3)33-24(30)9-12-29-13-10-26(11-14-29)17-32-23-8-7-18(15-20(23)26)31-16-19-21(27)5-4-6-22(19)28;1-4-10-16(11-5-1)19-20-22(17-12-6-2-7-13-17)23(21-19)18-14-8-3-9-15-18;/h4-8,15H,9-14,16-17H2,1-3H3;1-15H;1H/q;+1;/p-1. The summed E-state index contributed by atoms with van der Waals surface area (Å²) in [6, 6.07) is 41.5. The summed E-state index contributed by atoms with van der Waals surface area (Å²) in [5, 5.41) is 10.6. The quantitative estimate of drug-likeness (QED) is 0.126. The smallest absolute Gasteiger partial charge is 0.340 e. The molecule has 1 spiro atoms. The van der Waals surface area contributed by atoms with Crippen molar-refractivity contribution in [2.24, 2.45) is 0 Å². The predicted molar refractivity (Wildman–Crippen MR) is 219 cm³/mol. The number of carbonyl (C=O) groups excluding carboxylic acids is 1. The molecule has 6 aromatic rings. The van der Waals surface area contributed by atoms with Gasteiger partial charge in [0, 0.05) is 37.9 Å².